The molecule has 0 aromatic carbocycles. The Morgan fingerprint density at radius 3 is 1.17 bits per heavy atom. The zero-order valence-electron chi connectivity index (χ0n) is 46.5. The maximum atomic E-state index is 12.3. The predicted octanol–water partition coefficient (Wildman–Crippen LogP) is 10.3. The van der Waals surface area contributed by atoms with E-state index in [1.165, 1.54) is 40.2 Å². The number of aliphatic hydroxyl groups excluding tert-OH is 1. The summed E-state index contributed by atoms with van der Waals surface area (Å²) in [6, 6.07) is 0. The number of hydrogen-bond acceptors (Lipinski definition) is 21. The molecule has 0 aliphatic carbocycles. The molecular formula is C46H57Cl10F3N12O13S2. The standard InChI is InChI=1S/C13H17Cl2N3O3.C10H8Cl2F3N3O2.C9H11Cl2N3O3S.C9H17NO3.C4HCl3N2.CH3ClO2S/c1-13(2,3)21-12(19)18-5-4-8(7-18)20-10-9(14)6-16-11(15)17-10;11-6-3-16-9(12)17-7(6)20-5-1-2-18(4-5)8(19)10(13,14)15;1-18(15,16)14-3-2-6(5-14)17-8-7(10)4-12-9(11)13-8;1-9(2,3)13-8(12)10-5-4-7(11)6-10;5-2-1-8-4(7)9-3(2)6;1-5(2,3)4/h6,8H,4-5,7H2,1-3H3;3,5H,1-2,4H2;4,6H,2-3,5H2,1H3;7,11H,4-6H2,1-3H3;1H;1H3/t8-;5-;6-;7-;;/m1111../s1. The molecule has 0 spiro atoms. The predicted molar refractivity (Wildman–Crippen MR) is 316 cm³/mol. The van der Waals surface area contributed by atoms with E-state index in [4.69, 9.17) is 128 Å². The fourth-order valence-corrected chi connectivity index (χ4v) is 8.93. The van der Waals surface area contributed by atoms with Crippen LogP contribution in [0.3, 0.4) is 0 Å². The van der Waals surface area contributed by atoms with Crippen LogP contribution >= 0.6 is 115 Å². The average molecular weight is 1460 g/mol. The van der Waals surface area contributed by atoms with Crippen LogP contribution in [0.2, 0.25) is 46.4 Å². The highest BCUT2D eigenvalue weighted by molar-refractivity contribution is 8.13. The Morgan fingerprint density at radius 1 is 0.523 bits per heavy atom. The topological polar surface area (TPSA) is 302 Å². The quantitative estimate of drug-likeness (QED) is 0.102. The number of sulfonamides is 1. The first-order valence-electron chi connectivity index (χ1n) is 24.7. The molecule has 482 valence electrons. The van der Waals surface area contributed by atoms with Gasteiger partial charge in [0.2, 0.25) is 57.8 Å². The number of β-amino-alcohol motifs (C(OH)–C–C–N with tert-alkyl or cyclic N) is 1. The lowest BCUT2D eigenvalue weighted by Gasteiger charge is -2.24. The number of rotatable bonds is 7. The zero-order valence-corrected chi connectivity index (χ0v) is 55.7. The number of amides is 3. The summed E-state index contributed by atoms with van der Waals surface area (Å²) >= 11 is 50.8. The van der Waals surface area contributed by atoms with Crippen molar-refractivity contribution in [3.05, 3.63) is 71.2 Å². The van der Waals surface area contributed by atoms with Gasteiger partial charge in [-0.3, -0.25) is 4.79 Å². The number of aromatic nitrogens is 8. The van der Waals surface area contributed by atoms with Crippen molar-refractivity contribution in [3.63, 3.8) is 0 Å². The Morgan fingerprint density at radius 2 is 0.849 bits per heavy atom. The van der Waals surface area contributed by atoms with Gasteiger partial charge in [-0.25, -0.2) is 51.3 Å². The number of hydrogen-bond donors (Lipinski definition) is 1. The van der Waals surface area contributed by atoms with Gasteiger partial charge in [0, 0.05) is 56.2 Å². The maximum Gasteiger partial charge on any atom is 0.471 e. The first kappa shape index (κ1) is 76.5. The third kappa shape index (κ3) is 29.7. The van der Waals surface area contributed by atoms with E-state index in [-0.39, 0.29) is 116 Å². The molecule has 1 N–H and O–H groups in total. The SMILES string of the molecule is CC(C)(C)OC(=O)N1CC[C@@H](O)C1.CC(C)(C)OC(=O)N1CC[C@@H](Oc2nc(Cl)ncc2Cl)C1.CS(=O)(=O)Cl.CS(=O)(=O)N1CC[C@@H](Oc2nc(Cl)ncc2Cl)C1.Clc1ncc(Cl)c(Cl)n1.O=C(N1CC[C@@H](Oc2nc(Cl)ncc2Cl)C1)C(F)(F)F. The van der Waals surface area contributed by atoms with Crippen LogP contribution in [0.15, 0.2) is 24.8 Å². The summed E-state index contributed by atoms with van der Waals surface area (Å²) in [7, 11) is -1.88. The van der Waals surface area contributed by atoms with Crippen molar-refractivity contribution in [2.45, 2.75) is 109 Å². The highest BCUT2D eigenvalue weighted by Gasteiger charge is 2.45. The van der Waals surface area contributed by atoms with Crippen molar-refractivity contribution in [2.75, 3.05) is 64.9 Å². The van der Waals surface area contributed by atoms with Gasteiger partial charge in [0.15, 0.2) is 5.15 Å². The van der Waals surface area contributed by atoms with Gasteiger partial charge in [0.1, 0.15) is 44.6 Å². The fourth-order valence-electron chi connectivity index (χ4n) is 6.88. The van der Waals surface area contributed by atoms with Crippen molar-refractivity contribution in [1.82, 2.24) is 58.9 Å². The van der Waals surface area contributed by atoms with Crippen LogP contribution in [-0.4, -0.2) is 206 Å². The zero-order chi connectivity index (χ0) is 65.3. The van der Waals surface area contributed by atoms with E-state index >= 15 is 0 Å². The Bertz CT molecular complexity index is 3160. The summed E-state index contributed by atoms with van der Waals surface area (Å²) in [4.78, 5) is 68.0. The van der Waals surface area contributed by atoms with Crippen LogP contribution in [0.5, 0.6) is 17.6 Å². The third-order valence-corrected chi connectivity index (χ3v) is 13.9. The number of carbonyl (C=O) groups excluding carboxylic acids is 3. The van der Waals surface area contributed by atoms with Crippen LogP contribution < -0.4 is 14.2 Å². The van der Waals surface area contributed by atoms with Crippen molar-refractivity contribution < 1.29 is 73.2 Å². The van der Waals surface area contributed by atoms with Gasteiger partial charge in [0.05, 0.1) is 68.1 Å². The number of aliphatic hydroxyl groups is 1. The van der Waals surface area contributed by atoms with E-state index < -0.39 is 48.5 Å². The Hall–Kier alpha value is -3.76. The minimum atomic E-state index is -4.88. The lowest BCUT2D eigenvalue weighted by atomic mass is 10.2. The van der Waals surface area contributed by atoms with Gasteiger partial charge >= 0.3 is 24.3 Å². The highest BCUT2D eigenvalue weighted by atomic mass is 35.7. The largest absolute Gasteiger partial charge is 0.472 e. The Balaban J connectivity index is 0.000000282. The minimum Gasteiger partial charge on any atom is -0.472 e. The summed E-state index contributed by atoms with van der Waals surface area (Å²) in [5, 5.41) is 10.4. The summed E-state index contributed by atoms with van der Waals surface area (Å²) < 4.78 is 107. The smallest absolute Gasteiger partial charge is 0.471 e. The van der Waals surface area contributed by atoms with Gasteiger partial charge in [-0.05, 0) is 101 Å². The normalized spacial score (nSPS) is 18.7. The second kappa shape index (κ2) is 33.9. The summed E-state index contributed by atoms with van der Waals surface area (Å²) in [6.07, 6.45) is 2.53. The van der Waals surface area contributed by atoms with E-state index in [9.17, 15) is 49.5 Å². The summed E-state index contributed by atoms with van der Waals surface area (Å²) in [5.74, 6) is -1.49. The molecule has 4 fully saturated rings. The molecule has 4 aliphatic heterocycles. The number of ether oxygens (including phenoxy) is 5. The molecule has 40 heteroatoms. The molecule has 0 radical (unpaired) electrons. The molecule has 4 aliphatic rings. The van der Waals surface area contributed by atoms with Crippen molar-refractivity contribution in [1.29, 1.82) is 0 Å². The van der Waals surface area contributed by atoms with Gasteiger partial charge in [0.25, 0.3) is 0 Å². The maximum absolute atomic E-state index is 12.3. The number of nitrogens with zero attached hydrogens (tertiary/aromatic N) is 12. The van der Waals surface area contributed by atoms with Gasteiger partial charge in [-0.15, -0.1) is 0 Å². The van der Waals surface area contributed by atoms with E-state index in [2.05, 4.69) is 50.6 Å². The van der Waals surface area contributed by atoms with Crippen LogP contribution in [0.25, 0.3) is 0 Å². The summed E-state index contributed by atoms with van der Waals surface area (Å²) in [5.41, 5.74) is -0.968. The molecule has 8 heterocycles. The third-order valence-electron chi connectivity index (χ3n) is 10.4. The minimum absolute atomic E-state index is 0.0158. The van der Waals surface area contributed by atoms with Crippen molar-refractivity contribution in [3.8, 4) is 17.6 Å². The first-order valence-corrected chi connectivity index (χ1v) is 32.6. The van der Waals surface area contributed by atoms with Crippen LogP contribution in [-0.2, 0) is 33.3 Å². The molecule has 0 saturated carbocycles. The highest BCUT2D eigenvalue weighted by Crippen LogP contribution is 2.30. The van der Waals surface area contributed by atoms with Crippen LogP contribution in [0.4, 0.5) is 22.8 Å². The second-order valence-electron chi connectivity index (χ2n) is 20.1. The Kier molecular flexibility index (Phi) is 30.1. The van der Waals surface area contributed by atoms with Gasteiger partial charge in [-0.1, -0.05) is 58.0 Å². The average Bonchev–Trinajstić information content (AvgIpc) is 2.75. The van der Waals surface area contributed by atoms with Crippen LogP contribution in [0, 0.1) is 0 Å². The fraction of sp³-hybridized carbons (Fsp3) is 0.587. The molecular weight excluding hydrogens is 1400 g/mol. The first-order chi connectivity index (χ1) is 39.5. The summed E-state index contributed by atoms with van der Waals surface area (Å²) in [6.45, 7) is 13.5. The lowest BCUT2D eigenvalue weighted by Crippen LogP contribution is -2.40. The van der Waals surface area contributed by atoms with E-state index in [1.807, 2.05) is 41.5 Å². The number of alkyl halides is 3. The van der Waals surface area contributed by atoms with Crippen LogP contribution in [0.1, 0.15) is 67.2 Å². The monoisotopic (exact) mass is 1460 g/mol. The van der Waals surface area contributed by atoms with Gasteiger partial charge < -0.3 is 43.5 Å². The lowest BCUT2D eigenvalue weighted by molar-refractivity contribution is -0.184. The van der Waals surface area contributed by atoms with E-state index in [1.54, 1.807) is 4.90 Å². The number of halogens is 13. The van der Waals surface area contributed by atoms with Gasteiger partial charge in [-0.2, -0.15) is 32.4 Å². The molecule has 86 heavy (non-hydrogen) atoms. The molecule has 8 rings (SSSR count). The number of carbonyl (C=O) groups is 3. The molecule has 4 atom stereocenters. The second-order valence-corrected chi connectivity index (χ2v) is 28.5. The molecule has 3 amide bonds. The molecule has 4 saturated heterocycles. The van der Waals surface area contributed by atoms with Crippen molar-refractivity contribution >= 4 is 152 Å². The Labute approximate surface area is 543 Å². The molecule has 4 aromatic heterocycles. The molecule has 0 unspecified atom stereocenters. The van der Waals surface area contributed by atoms with Crippen molar-refractivity contribution in [2.24, 2.45) is 0 Å². The molecule has 25 nitrogen and oxygen atoms in total. The van der Waals surface area contributed by atoms with E-state index in [0.717, 1.165) is 6.26 Å². The molecule has 4 aromatic rings. The number of likely N-dealkylation sites (tertiary alicyclic amines) is 3. The van der Waals surface area contributed by atoms with E-state index in [0.29, 0.717) is 61.9 Å². The molecule has 0 bridgehead atoms.